The Morgan fingerprint density at radius 3 is 1.67 bits per heavy atom. The van der Waals surface area contributed by atoms with Gasteiger partial charge in [0.25, 0.3) is 5.09 Å². The molecule has 0 saturated heterocycles. The molecule has 0 fully saturated rings. The van der Waals surface area contributed by atoms with Gasteiger partial charge >= 0.3 is 0 Å². The van der Waals surface area contributed by atoms with E-state index in [4.69, 9.17) is 15.3 Å². The minimum Gasteiger partial charge on any atom is -0.693 e. The third kappa shape index (κ3) is 652. The van der Waals surface area contributed by atoms with Crippen LogP contribution in [0.5, 0.6) is 0 Å². The molecule has 0 atom stereocenters. The van der Waals surface area contributed by atoms with Crippen molar-refractivity contribution in [1.29, 1.82) is 0 Å². The zero-order valence-electron chi connectivity index (χ0n) is 2.87. The van der Waals surface area contributed by atoms with Crippen molar-refractivity contribution >= 4 is 0 Å². The van der Waals surface area contributed by atoms with E-state index in [0.717, 1.165) is 0 Å². The summed E-state index contributed by atoms with van der Waals surface area (Å²) in [5.74, 6) is 0. The van der Waals surface area contributed by atoms with Gasteiger partial charge in [-0.25, -0.2) is 0 Å². The van der Waals surface area contributed by atoms with Gasteiger partial charge in [-0.3, -0.25) is 0 Å². The van der Waals surface area contributed by atoms with Gasteiger partial charge in [-0.1, -0.05) is 0 Å². The summed E-state index contributed by atoms with van der Waals surface area (Å²) in [6, 6.07) is 0. The molecule has 5 nitrogen and oxygen atoms in total. The van der Waals surface area contributed by atoms with Crippen molar-refractivity contribution in [2.75, 3.05) is 0 Å². The van der Waals surface area contributed by atoms with E-state index < -0.39 is 5.09 Å². The van der Waals surface area contributed by atoms with Gasteiger partial charge in [0.1, 0.15) is 0 Å². The Kier molecular flexibility index (Phi) is 24.4. The van der Waals surface area contributed by atoms with E-state index in [2.05, 4.69) is 0 Å². The number of nitrogens with zero attached hydrogens (tertiary/aromatic N) is 1. The standard InChI is InChI=1S/HNO3.H2N.Y/c2-1(3)4;;/h(H,2,3,4);1H2;/q;-1;. The first-order valence-corrected chi connectivity index (χ1v) is 0.565. The molecule has 1 radical (unpaired) electrons. The molecule has 0 bridgehead atoms. The van der Waals surface area contributed by atoms with Crippen LogP contribution in [0.15, 0.2) is 0 Å². The van der Waals surface area contributed by atoms with Gasteiger partial charge in [0.05, 0.1) is 0 Å². The molecule has 0 rings (SSSR count). The van der Waals surface area contributed by atoms with Crippen molar-refractivity contribution in [1.82, 2.24) is 0 Å². The summed E-state index contributed by atoms with van der Waals surface area (Å²) in [5.41, 5.74) is 0. The fourth-order valence-electron chi connectivity index (χ4n) is 0. The normalized spacial score (nSPS) is 4.00. The maximum atomic E-state index is 8.36. The number of nitrogens with two attached hydrogens (primary N) is 1. The van der Waals surface area contributed by atoms with E-state index >= 15 is 0 Å². The van der Waals surface area contributed by atoms with Crippen molar-refractivity contribution < 1.29 is 43.0 Å². The first-order valence-electron chi connectivity index (χ1n) is 0.565. The molecule has 0 aromatic rings. The summed E-state index contributed by atoms with van der Waals surface area (Å²) in [7, 11) is 0. The second-order valence-corrected chi connectivity index (χ2v) is 0.238. The molecule has 3 N–H and O–H groups in total. The van der Waals surface area contributed by atoms with Gasteiger partial charge in [-0.05, 0) is 0 Å². The maximum Gasteiger partial charge on any atom is 0.291 e. The zero-order valence-corrected chi connectivity index (χ0v) is 5.70. The van der Waals surface area contributed by atoms with E-state index in [1.807, 2.05) is 0 Å². The molecule has 0 aromatic heterocycles. The van der Waals surface area contributed by atoms with Crippen LogP contribution in [0.25, 0.3) is 6.15 Å². The third-order valence-corrected chi connectivity index (χ3v) is 0. The Labute approximate surface area is 59.3 Å². The second kappa shape index (κ2) is 8.98. The quantitative estimate of drug-likeness (QED) is 0.417. The monoisotopic (exact) mass is 168 g/mol. The van der Waals surface area contributed by atoms with Gasteiger partial charge in [-0.15, -0.1) is 10.1 Å². The third-order valence-electron chi connectivity index (χ3n) is 0. The van der Waals surface area contributed by atoms with Gasteiger partial charge in [0.15, 0.2) is 0 Å². The van der Waals surface area contributed by atoms with Crippen LogP contribution in [0.4, 0.5) is 0 Å². The molecule has 0 aliphatic carbocycles. The van der Waals surface area contributed by atoms with Crippen LogP contribution in [-0.2, 0) is 32.7 Å². The number of rotatable bonds is 0. The molecule has 6 heteroatoms. The molecule has 0 amide bonds. The summed E-state index contributed by atoms with van der Waals surface area (Å²) in [4.78, 5) is 8.36. The number of hydrogen-bond donors (Lipinski definition) is 1. The van der Waals surface area contributed by atoms with E-state index in [1.54, 1.807) is 0 Å². The van der Waals surface area contributed by atoms with Gasteiger partial charge < -0.3 is 11.4 Å². The van der Waals surface area contributed by atoms with Crippen LogP contribution < -0.4 is 0 Å². The van der Waals surface area contributed by atoms with Crippen molar-refractivity contribution in [3.63, 3.8) is 0 Å². The molecule has 0 aliphatic heterocycles. The predicted octanol–water partition coefficient (Wildman–Crippen LogP) is 0.367. The van der Waals surface area contributed by atoms with E-state index in [1.165, 1.54) is 0 Å². The molecule has 0 aromatic carbocycles. The molecule has 35 valence electrons. The second-order valence-electron chi connectivity index (χ2n) is 0.238. The maximum absolute atomic E-state index is 8.36. The van der Waals surface area contributed by atoms with E-state index in [9.17, 15) is 0 Å². The van der Waals surface area contributed by atoms with Crippen molar-refractivity contribution in [3.05, 3.63) is 16.3 Å². The van der Waals surface area contributed by atoms with Crippen LogP contribution >= 0.6 is 0 Å². The molecular weight excluding hydrogens is 165 g/mol. The summed E-state index contributed by atoms with van der Waals surface area (Å²) >= 11 is 0. The van der Waals surface area contributed by atoms with Crippen LogP contribution in [0.2, 0.25) is 0 Å². The Morgan fingerprint density at radius 1 is 1.67 bits per heavy atom. The SMILES string of the molecule is O=[N+]([O-])O.[NH2-].[Y]. The van der Waals surface area contributed by atoms with E-state index in [0.29, 0.717) is 0 Å². The molecule has 0 unspecified atom stereocenters. The van der Waals surface area contributed by atoms with Crippen LogP contribution in [0.3, 0.4) is 0 Å². The summed E-state index contributed by atoms with van der Waals surface area (Å²) in [6.07, 6.45) is 0. The molecule has 0 saturated carbocycles. The summed E-state index contributed by atoms with van der Waals surface area (Å²) in [5, 5.41) is 13.6. The molecular formula is H3N2O3Y-. The first kappa shape index (κ1) is 16.3. The minimum absolute atomic E-state index is 0. The average molecular weight is 168 g/mol. The zero-order chi connectivity index (χ0) is 3.58. The minimum atomic E-state index is -1.50. The molecule has 0 aliphatic rings. The van der Waals surface area contributed by atoms with Gasteiger partial charge in [-0.2, -0.15) is 0 Å². The van der Waals surface area contributed by atoms with Crippen LogP contribution in [0.1, 0.15) is 0 Å². The summed E-state index contributed by atoms with van der Waals surface area (Å²) in [6.45, 7) is 0. The van der Waals surface area contributed by atoms with Gasteiger partial charge in [0.2, 0.25) is 0 Å². The summed E-state index contributed by atoms with van der Waals surface area (Å²) < 4.78 is 0. The Hall–Kier alpha value is 0.264. The van der Waals surface area contributed by atoms with Crippen LogP contribution in [0, 0.1) is 10.1 Å². The fourth-order valence-corrected chi connectivity index (χ4v) is 0. The van der Waals surface area contributed by atoms with Crippen molar-refractivity contribution in [3.8, 4) is 0 Å². The fraction of sp³-hybridized carbons (Fsp3) is 0. The number of hydrogen-bond acceptors (Lipinski definition) is 2. The van der Waals surface area contributed by atoms with Gasteiger partial charge in [0, 0.05) is 32.7 Å². The smallest absolute Gasteiger partial charge is 0.291 e. The predicted molar refractivity (Wildman–Crippen MR) is 14.1 cm³/mol. The van der Waals surface area contributed by atoms with Crippen LogP contribution in [-0.4, -0.2) is 10.3 Å². The van der Waals surface area contributed by atoms with E-state index in [-0.39, 0.29) is 38.9 Å². The Balaban J connectivity index is -0.0000000450. The van der Waals surface area contributed by atoms with Crippen molar-refractivity contribution in [2.45, 2.75) is 0 Å². The Morgan fingerprint density at radius 2 is 1.67 bits per heavy atom. The molecule has 6 heavy (non-hydrogen) atoms. The average Bonchev–Trinajstić information content (AvgIpc) is 0.811. The topological polar surface area (TPSA) is 96.9 Å². The molecule has 0 heterocycles. The Bertz CT molecular complexity index is 31.8. The van der Waals surface area contributed by atoms with Crippen molar-refractivity contribution in [2.24, 2.45) is 0 Å². The first-order chi connectivity index (χ1) is 1.73. The largest absolute Gasteiger partial charge is 0.693 e. The molecule has 0 spiro atoms.